The fourth-order valence-corrected chi connectivity index (χ4v) is 2.38. The Morgan fingerprint density at radius 1 is 1.05 bits per heavy atom. The Bertz CT molecular complexity index is 632. The SMILES string of the molecule is COc1ccc2c(ccn2B2OC(C)(C)C(C)(C)O2)c1. The predicted molar refractivity (Wildman–Crippen MR) is 80.0 cm³/mol. The molecule has 0 radical (unpaired) electrons. The van der Waals surface area contributed by atoms with Crippen LogP contribution in [-0.2, 0) is 9.31 Å². The van der Waals surface area contributed by atoms with E-state index in [1.54, 1.807) is 7.11 Å². The number of ether oxygens (including phenoxy) is 1. The smallest absolute Gasteiger partial charge is 0.497 e. The van der Waals surface area contributed by atoms with Gasteiger partial charge in [0.2, 0.25) is 0 Å². The number of aromatic nitrogens is 1. The quantitative estimate of drug-likeness (QED) is 0.788. The third kappa shape index (κ3) is 1.93. The lowest BCUT2D eigenvalue weighted by molar-refractivity contribution is 0.00578. The van der Waals surface area contributed by atoms with Gasteiger partial charge in [0.1, 0.15) is 5.75 Å². The lowest BCUT2D eigenvalue weighted by Gasteiger charge is -2.32. The van der Waals surface area contributed by atoms with Crippen molar-refractivity contribution in [3.63, 3.8) is 0 Å². The summed E-state index contributed by atoms with van der Waals surface area (Å²) < 4.78 is 19.4. The van der Waals surface area contributed by atoms with E-state index >= 15 is 0 Å². The summed E-state index contributed by atoms with van der Waals surface area (Å²) in [5.41, 5.74) is 0.408. The minimum atomic E-state index is -0.397. The lowest BCUT2D eigenvalue weighted by atomic mass is 9.90. The minimum absolute atomic E-state index is 0.333. The summed E-state index contributed by atoms with van der Waals surface area (Å²) >= 11 is 0. The summed E-state index contributed by atoms with van der Waals surface area (Å²) in [7, 11) is 1.28. The van der Waals surface area contributed by atoms with Crippen molar-refractivity contribution in [3.8, 4) is 5.75 Å². The average Bonchev–Trinajstić information content (AvgIpc) is 2.87. The van der Waals surface area contributed by atoms with Crippen LogP contribution in [0, 0.1) is 0 Å². The standard InChI is InChI=1S/C15H20BNO3/c1-14(2)15(3,4)20-16(19-14)17-9-8-11-10-12(18-5)6-7-13(11)17/h6-10H,1-5H3. The second-order valence-corrected chi connectivity index (χ2v) is 6.21. The van der Waals surface area contributed by atoms with E-state index in [-0.39, 0.29) is 11.2 Å². The molecule has 1 saturated heterocycles. The molecule has 1 aromatic heterocycles. The van der Waals surface area contributed by atoms with E-state index in [1.807, 2.05) is 34.9 Å². The van der Waals surface area contributed by atoms with E-state index < -0.39 is 7.25 Å². The van der Waals surface area contributed by atoms with Crippen molar-refractivity contribution in [3.05, 3.63) is 30.5 Å². The molecule has 0 bridgehead atoms. The van der Waals surface area contributed by atoms with Gasteiger partial charge in [-0.15, -0.1) is 0 Å². The summed E-state index contributed by atoms with van der Waals surface area (Å²) in [5, 5.41) is 1.11. The molecule has 1 aliphatic heterocycles. The highest BCUT2D eigenvalue weighted by atomic mass is 16.7. The van der Waals surface area contributed by atoms with Crippen LogP contribution in [0.3, 0.4) is 0 Å². The largest absolute Gasteiger partial charge is 0.598 e. The third-order valence-electron chi connectivity index (χ3n) is 4.40. The highest BCUT2D eigenvalue weighted by Gasteiger charge is 2.52. The van der Waals surface area contributed by atoms with Gasteiger partial charge in [0, 0.05) is 10.9 Å². The van der Waals surface area contributed by atoms with Gasteiger partial charge in [0.25, 0.3) is 0 Å². The second kappa shape index (κ2) is 4.27. The Morgan fingerprint density at radius 2 is 1.70 bits per heavy atom. The Hall–Kier alpha value is -1.46. The second-order valence-electron chi connectivity index (χ2n) is 6.21. The summed E-state index contributed by atoms with van der Waals surface area (Å²) in [6, 6.07) is 8.03. The molecule has 0 amide bonds. The van der Waals surface area contributed by atoms with Crippen LogP contribution < -0.4 is 4.74 Å². The Kier molecular flexibility index (Phi) is 2.89. The van der Waals surface area contributed by atoms with Crippen molar-refractivity contribution in [1.82, 2.24) is 4.48 Å². The monoisotopic (exact) mass is 273 g/mol. The normalized spacial score (nSPS) is 20.6. The van der Waals surface area contributed by atoms with Crippen LogP contribution in [0.25, 0.3) is 10.9 Å². The number of methoxy groups -OCH3 is 1. The van der Waals surface area contributed by atoms with Gasteiger partial charge < -0.3 is 18.5 Å². The van der Waals surface area contributed by atoms with Gasteiger partial charge in [-0.25, -0.2) is 0 Å². The molecule has 5 heteroatoms. The highest BCUT2D eigenvalue weighted by molar-refractivity contribution is 6.45. The number of rotatable bonds is 2. The average molecular weight is 273 g/mol. The zero-order valence-electron chi connectivity index (χ0n) is 12.6. The van der Waals surface area contributed by atoms with Gasteiger partial charge in [-0.05, 0) is 58.2 Å². The fourth-order valence-electron chi connectivity index (χ4n) is 2.38. The van der Waals surface area contributed by atoms with Crippen molar-refractivity contribution in [2.24, 2.45) is 0 Å². The first-order valence-corrected chi connectivity index (χ1v) is 6.84. The van der Waals surface area contributed by atoms with E-state index in [9.17, 15) is 0 Å². The molecule has 0 unspecified atom stereocenters. The predicted octanol–water partition coefficient (Wildman–Crippen LogP) is 3.09. The van der Waals surface area contributed by atoms with E-state index in [0.29, 0.717) is 0 Å². The molecule has 0 spiro atoms. The molecule has 1 aromatic carbocycles. The third-order valence-corrected chi connectivity index (χ3v) is 4.40. The van der Waals surface area contributed by atoms with Crippen molar-refractivity contribution in [1.29, 1.82) is 0 Å². The first kappa shape index (κ1) is 13.5. The van der Waals surface area contributed by atoms with Crippen LogP contribution in [-0.4, -0.2) is 30.0 Å². The molecule has 0 N–H and O–H groups in total. The first-order chi connectivity index (χ1) is 9.34. The fraction of sp³-hybridized carbons (Fsp3) is 0.467. The minimum Gasteiger partial charge on any atom is -0.497 e. The number of benzene rings is 1. The van der Waals surface area contributed by atoms with E-state index in [0.717, 1.165) is 16.7 Å². The summed E-state index contributed by atoms with van der Waals surface area (Å²) in [6.07, 6.45) is 1.99. The lowest BCUT2D eigenvalue weighted by Crippen LogP contribution is -2.41. The van der Waals surface area contributed by atoms with Crippen LogP contribution in [0.5, 0.6) is 5.75 Å². The first-order valence-electron chi connectivity index (χ1n) is 6.84. The zero-order valence-corrected chi connectivity index (χ0v) is 12.6. The summed E-state index contributed by atoms with van der Waals surface area (Å²) in [6.45, 7) is 8.23. The molecule has 1 fully saturated rings. The molecular formula is C15H20BNO3. The molecule has 2 heterocycles. The molecular weight excluding hydrogens is 253 g/mol. The number of hydrogen-bond donors (Lipinski definition) is 0. The molecule has 3 rings (SSSR count). The molecule has 0 saturated carbocycles. The maximum atomic E-state index is 6.08. The van der Waals surface area contributed by atoms with Crippen LogP contribution in [0.4, 0.5) is 0 Å². The van der Waals surface area contributed by atoms with Crippen LogP contribution in [0.2, 0.25) is 0 Å². The molecule has 1 aliphatic rings. The Morgan fingerprint density at radius 3 is 2.30 bits per heavy atom. The molecule has 2 aromatic rings. The number of fused-ring (bicyclic) bond motifs is 1. The van der Waals surface area contributed by atoms with E-state index in [4.69, 9.17) is 14.0 Å². The Labute approximate surface area is 119 Å². The summed E-state index contributed by atoms with van der Waals surface area (Å²) in [4.78, 5) is 0. The van der Waals surface area contributed by atoms with Gasteiger partial charge in [-0.1, -0.05) is 0 Å². The van der Waals surface area contributed by atoms with E-state index in [2.05, 4.69) is 27.7 Å². The molecule has 0 atom stereocenters. The van der Waals surface area contributed by atoms with Crippen molar-refractivity contribution < 1.29 is 14.0 Å². The molecule has 0 aliphatic carbocycles. The maximum Gasteiger partial charge on any atom is 0.598 e. The van der Waals surface area contributed by atoms with Gasteiger partial charge in [-0.3, -0.25) is 0 Å². The molecule has 20 heavy (non-hydrogen) atoms. The molecule has 4 nitrogen and oxygen atoms in total. The van der Waals surface area contributed by atoms with Gasteiger partial charge >= 0.3 is 7.25 Å². The topological polar surface area (TPSA) is 32.6 Å². The maximum absolute atomic E-state index is 6.08. The van der Waals surface area contributed by atoms with Crippen molar-refractivity contribution in [2.75, 3.05) is 7.11 Å². The van der Waals surface area contributed by atoms with Crippen molar-refractivity contribution >= 4 is 18.2 Å². The van der Waals surface area contributed by atoms with Gasteiger partial charge in [0.05, 0.1) is 18.3 Å². The zero-order chi connectivity index (χ0) is 14.5. The summed E-state index contributed by atoms with van der Waals surface area (Å²) in [5.74, 6) is 0.851. The van der Waals surface area contributed by atoms with Crippen LogP contribution >= 0.6 is 0 Å². The van der Waals surface area contributed by atoms with Gasteiger partial charge in [0.15, 0.2) is 0 Å². The van der Waals surface area contributed by atoms with E-state index in [1.165, 1.54) is 0 Å². The van der Waals surface area contributed by atoms with Crippen LogP contribution in [0.1, 0.15) is 27.7 Å². The highest BCUT2D eigenvalue weighted by Crippen LogP contribution is 2.38. The van der Waals surface area contributed by atoms with Gasteiger partial charge in [-0.2, -0.15) is 0 Å². The number of nitrogens with zero attached hydrogens (tertiary/aromatic N) is 1. The van der Waals surface area contributed by atoms with Crippen molar-refractivity contribution in [2.45, 2.75) is 38.9 Å². The Balaban J connectivity index is 2.00. The van der Waals surface area contributed by atoms with Crippen LogP contribution in [0.15, 0.2) is 30.5 Å². The molecule has 106 valence electrons. The number of hydrogen-bond acceptors (Lipinski definition) is 3.